The van der Waals surface area contributed by atoms with Crippen LogP contribution >= 0.6 is 11.6 Å². The first-order valence-electron chi connectivity index (χ1n) is 18.4. The summed E-state index contributed by atoms with van der Waals surface area (Å²) in [6.07, 6.45) is 12.2. The number of fused-ring (bicyclic) bond motifs is 1. The SMILES string of the molecule is CCCC[C](CCCC)(CCCC)[Sn][c]1c(Cl)cc2c(N3CCN(C(=O)OC(C)(C)C)C[C@@H]3C)nc(OC[C@@H]3CCCN3C)nc2c1F. The molecule has 8 nitrogen and oxygen atoms in total. The topological polar surface area (TPSA) is 71.0 Å². The molecular weight excluding hydrogens is 736 g/mol. The van der Waals surface area contributed by atoms with Gasteiger partial charge in [-0.25, -0.2) is 0 Å². The minimum atomic E-state index is -1.50. The van der Waals surface area contributed by atoms with Gasteiger partial charge in [-0.15, -0.1) is 0 Å². The van der Waals surface area contributed by atoms with Crippen molar-refractivity contribution in [2.24, 2.45) is 0 Å². The van der Waals surface area contributed by atoms with Crippen LogP contribution in [0.5, 0.6) is 6.01 Å². The van der Waals surface area contributed by atoms with Crippen LogP contribution in [-0.4, -0.2) is 105 Å². The molecule has 2 fully saturated rings. The molecule has 2 atom stereocenters. The van der Waals surface area contributed by atoms with Gasteiger partial charge in [0, 0.05) is 0 Å². The number of benzene rings is 1. The summed E-state index contributed by atoms with van der Waals surface area (Å²) in [5.74, 6) is 0.322. The molecule has 0 saturated carbocycles. The number of unbranched alkanes of at least 4 members (excludes halogenated alkanes) is 3. The summed E-state index contributed by atoms with van der Waals surface area (Å²) in [5.41, 5.74) is -0.274. The summed E-state index contributed by atoms with van der Waals surface area (Å²) in [7, 11) is 2.11. The number of likely N-dealkylation sites (tertiary alicyclic amines) is 1. The molecule has 2 aliphatic rings. The van der Waals surface area contributed by atoms with E-state index >= 15 is 4.39 Å². The molecule has 2 aliphatic heterocycles. The first-order chi connectivity index (χ1) is 22.8. The number of carbonyl (C=O) groups is 1. The first-order valence-corrected chi connectivity index (χ1v) is 21.6. The van der Waals surface area contributed by atoms with Gasteiger partial charge in [0.25, 0.3) is 0 Å². The fraction of sp³-hybridized carbons (Fsp3) is 0.757. The molecule has 1 amide bonds. The quantitative estimate of drug-likeness (QED) is 0.168. The normalized spacial score (nSPS) is 19.4. The summed E-state index contributed by atoms with van der Waals surface area (Å²) in [5, 5.41) is 1.11. The Balaban J connectivity index is 1.76. The third kappa shape index (κ3) is 10.0. The fourth-order valence-electron chi connectivity index (χ4n) is 7.06. The average Bonchev–Trinajstić information content (AvgIpc) is 3.46. The molecule has 1 aromatic carbocycles. The van der Waals surface area contributed by atoms with Crippen molar-refractivity contribution < 1.29 is 18.7 Å². The van der Waals surface area contributed by atoms with E-state index < -0.39 is 26.7 Å². The average molecular weight is 795 g/mol. The molecule has 2 radical (unpaired) electrons. The van der Waals surface area contributed by atoms with E-state index in [1.807, 2.05) is 26.8 Å². The Morgan fingerprint density at radius 3 is 2.23 bits per heavy atom. The van der Waals surface area contributed by atoms with Crippen molar-refractivity contribution in [3.63, 3.8) is 0 Å². The van der Waals surface area contributed by atoms with Gasteiger partial charge in [0.15, 0.2) is 0 Å². The first kappa shape index (κ1) is 39.2. The van der Waals surface area contributed by atoms with Crippen LogP contribution in [0.2, 0.25) is 8.45 Å². The number of halogens is 2. The minimum absolute atomic E-state index is 0.0963. The summed E-state index contributed by atoms with van der Waals surface area (Å²) in [4.78, 5) is 28.8. The van der Waals surface area contributed by atoms with E-state index in [0.717, 1.165) is 80.8 Å². The van der Waals surface area contributed by atoms with Crippen LogP contribution < -0.4 is 13.2 Å². The molecule has 2 aromatic rings. The third-order valence-electron chi connectivity index (χ3n) is 9.89. The van der Waals surface area contributed by atoms with Gasteiger partial charge < -0.3 is 0 Å². The van der Waals surface area contributed by atoms with Gasteiger partial charge >= 0.3 is 285 Å². The summed E-state index contributed by atoms with van der Waals surface area (Å²) in [6, 6.07) is 2.30. The zero-order valence-electron chi connectivity index (χ0n) is 30.8. The van der Waals surface area contributed by atoms with Crippen molar-refractivity contribution in [3.05, 3.63) is 16.9 Å². The number of rotatable bonds is 15. The van der Waals surface area contributed by atoms with Gasteiger partial charge in [0.05, 0.1) is 0 Å². The van der Waals surface area contributed by atoms with Gasteiger partial charge in [-0.1, -0.05) is 0 Å². The Morgan fingerprint density at radius 1 is 1.04 bits per heavy atom. The summed E-state index contributed by atoms with van der Waals surface area (Å²) in [6.45, 7) is 17.4. The van der Waals surface area contributed by atoms with Crippen LogP contribution in [0.1, 0.15) is 119 Å². The molecule has 0 aliphatic carbocycles. The maximum absolute atomic E-state index is 17.1. The van der Waals surface area contributed by atoms with Crippen LogP contribution in [-0.2, 0) is 4.74 Å². The van der Waals surface area contributed by atoms with Crippen molar-refractivity contribution in [2.75, 3.05) is 44.7 Å². The number of carbonyl (C=O) groups excluding carboxylic acids is 1. The zero-order valence-corrected chi connectivity index (χ0v) is 34.4. The predicted molar refractivity (Wildman–Crippen MR) is 197 cm³/mol. The van der Waals surface area contributed by atoms with E-state index in [1.54, 1.807) is 4.90 Å². The summed E-state index contributed by atoms with van der Waals surface area (Å²) < 4.78 is 29.9. The van der Waals surface area contributed by atoms with Gasteiger partial charge in [-0.2, -0.15) is 0 Å². The number of piperazine rings is 1. The molecule has 1 aromatic heterocycles. The number of hydrogen-bond donors (Lipinski definition) is 0. The molecule has 4 rings (SSSR count). The maximum atomic E-state index is 17.1. The standard InChI is InChI=1S/C24H32ClFN5O3.C13H27.Sn/c1-15-13-30(23(32)34-24(2,3)4)9-10-31(15)21-18-11-16(25)12-19(26)20(18)27-22(28-21)33-14-17-7-6-8-29(17)5;1-4-7-10-13(11-8-5-2)12-9-6-3;/h11,15,17H,6-10,13-14H2,1-5H3;4-12H2,1-3H3;/t15-,17-;;/m0../s1. The molecule has 2 saturated heterocycles. The number of amides is 1. The zero-order chi connectivity index (χ0) is 35.1. The van der Waals surface area contributed by atoms with Crippen LogP contribution in [0.25, 0.3) is 10.9 Å². The second-order valence-corrected chi connectivity index (χ2v) is 20.6. The monoisotopic (exact) mass is 795 g/mol. The van der Waals surface area contributed by atoms with Gasteiger partial charge in [-0.3, -0.25) is 0 Å². The van der Waals surface area contributed by atoms with Gasteiger partial charge in [0.1, 0.15) is 0 Å². The summed E-state index contributed by atoms with van der Waals surface area (Å²) >= 11 is 5.61. The van der Waals surface area contributed by atoms with E-state index in [0.29, 0.717) is 48.0 Å². The number of nitrogens with zero attached hydrogens (tertiary/aromatic N) is 5. The second-order valence-electron chi connectivity index (χ2n) is 15.0. The van der Waals surface area contributed by atoms with Crippen LogP contribution in [0, 0.1) is 5.82 Å². The number of ether oxygens (including phenoxy) is 2. The Bertz CT molecular complexity index is 1350. The van der Waals surface area contributed by atoms with E-state index in [4.69, 9.17) is 31.0 Å². The Kier molecular flexibility index (Phi) is 14.3. The Hall–Kier alpha value is -1.59. The molecule has 0 N–H and O–H groups in total. The van der Waals surface area contributed by atoms with Crippen molar-refractivity contribution in [3.8, 4) is 6.01 Å². The van der Waals surface area contributed by atoms with Gasteiger partial charge in [-0.05, 0) is 20.8 Å². The predicted octanol–water partition coefficient (Wildman–Crippen LogP) is 8.40. The molecule has 0 bridgehead atoms. The Morgan fingerprint density at radius 2 is 1.69 bits per heavy atom. The van der Waals surface area contributed by atoms with Gasteiger partial charge in [0.2, 0.25) is 0 Å². The van der Waals surface area contributed by atoms with E-state index in [2.05, 4.69) is 44.5 Å². The molecule has 268 valence electrons. The third-order valence-corrected chi connectivity index (χ3v) is 16.4. The van der Waals surface area contributed by atoms with E-state index in [9.17, 15) is 4.79 Å². The van der Waals surface area contributed by atoms with Crippen molar-refractivity contribution in [2.45, 2.75) is 140 Å². The molecule has 11 heteroatoms. The van der Waals surface area contributed by atoms with Crippen molar-refractivity contribution in [1.82, 2.24) is 19.8 Å². The second kappa shape index (κ2) is 17.6. The number of hydrogen-bond acceptors (Lipinski definition) is 7. The van der Waals surface area contributed by atoms with Crippen LogP contribution in [0.3, 0.4) is 0 Å². The van der Waals surface area contributed by atoms with E-state index in [1.165, 1.54) is 0 Å². The molecule has 0 unspecified atom stereocenters. The number of likely N-dealkylation sites (N-methyl/N-ethyl adjacent to an activating group) is 1. The molecular formula is C37H59ClFN5O3Sn. The van der Waals surface area contributed by atoms with E-state index in [-0.39, 0.29) is 33.4 Å². The van der Waals surface area contributed by atoms with Crippen molar-refractivity contribution >= 4 is 59.1 Å². The molecule has 0 spiro atoms. The number of anilines is 1. The number of aromatic nitrogens is 2. The van der Waals surface area contributed by atoms with Crippen LogP contribution in [0.15, 0.2) is 6.07 Å². The molecule has 3 heterocycles. The fourth-order valence-corrected chi connectivity index (χ4v) is 12.9. The Labute approximate surface area is 304 Å². The van der Waals surface area contributed by atoms with Crippen LogP contribution in [0.4, 0.5) is 15.0 Å². The van der Waals surface area contributed by atoms with Crippen molar-refractivity contribution in [1.29, 1.82) is 0 Å². The molecule has 48 heavy (non-hydrogen) atoms.